The van der Waals surface area contributed by atoms with Gasteiger partial charge < -0.3 is 0 Å². The molecule has 1 aliphatic rings. The largest absolute Gasteiger partial charge is 0.240 e. The summed E-state index contributed by atoms with van der Waals surface area (Å²) in [5, 5.41) is 0. The number of rotatable bonds is 6. The summed E-state index contributed by atoms with van der Waals surface area (Å²) in [4.78, 5) is 0.188. The Kier molecular flexibility index (Phi) is 4.68. The van der Waals surface area contributed by atoms with Crippen molar-refractivity contribution in [1.82, 2.24) is 4.72 Å². The van der Waals surface area contributed by atoms with E-state index in [0.717, 1.165) is 18.1 Å². The average Bonchev–Trinajstić information content (AvgIpc) is 3.24. The molecule has 0 spiro atoms. The lowest BCUT2D eigenvalue weighted by Gasteiger charge is -2.19. The molecule has 1 fully saturated rings. The minimum Gasteiger partial charge on any atom is -0.210 e. The maximum Gasteiger partial charge on any atom is 0.240 e. The number of sulfonamides is 1. The molecule has 0 heterocycles. The Balaban J connectivity index is 1.80. The molecule has 3 rings (SSSR count). The van der Waals surface area contributed by atoms with Gasteiger partial charge in [-0.15, -0.1) is 0 Å². The van der Waals surface area contributed by atoms with Crippen LogP contribution in [0.4, 0.5) is 8.78 Å². The highest BCUT2D eigenvalue weighted by Crippen LogP contribution is 2.54. The Morgan fingerprint density at radius 2 is 1.80 bits per heavy atom. The molecule has 6 heteroatoms. The first-order chi connectivity index (χ1) is 11.8. The van der Waals surface area contributed by atoms with Gasteiger partial charge in [-0.2, -0.15) is 0 Å². The maximum absolute atomic E-state index is 14.2. The highest BCUT2D eigenvalue weighted by atomic mass is 32.2. The van der Waals surface area contributed by atoms with Crippen molar-refractivity contribution in [3.63, 3.8) is 0 Å². The minimum absolute atomic E-state index is 0.0918. The van der Waals surface area contributed by atoms with E-state index in [1.807, 2.05) is 13.8 Å². The first-order valence-corrected chi connectivity index (χ1v) is 9.81. The zero-order chi connectivity index (χ0) is 18.2. The molecule has 2 atom stereocenters. The minimum atomic E-state index is -3.68. The van der Waals surface area contributed by atoms with E-state index in [1.54, 1.807) is 24.3 Å². The van der Waals surface area contributed by atoms with Crippen LogP contribution in [0.15, 0.2) is 47.4 Å². The normalized spacial score (nSPS) is 22.8. The number of nitrogens with one attached hydrogen (secondary N) is 1. The summed E-state index contributed by atoms with van der Waals surface area (Å²) < 4.78 is 55.0. The van der Waals surface area contributed by atoms with Crippen molar-refractivity contribution < 1.29 is 17.2 Å². The van der Waals surface area contributed by atoms with Crippen LogP contribution < -0.4 is 4.72 Å². The first-order valence-electron chi connectivity index (χ1n) is 8.32. The summed E-state index contributed by atoms with van der Waals surface area (Å²) in [6, 6.07) is 10.2. The third-order valence-corrected chi connectivity index (χ3v) is 6.56. The topological polar surface area (TPSA) is 46.2 Å². The molecule has 1 saturated carbocycles. The van der Waals surface area contributed by atoms with Crippen LogP contribution in [0.3, 0.4) is 0 Å². The van der Waals surface area contributed by atoms with E-state index in [9.17, 15) is 17.2 Å². The summed E-state index contributed by atoms with van der Waals surface area (Å²) in [7, 11) is -3.68. The van der Waals surface area contributed by atoms with Gasteiger partial charge in [0.1, 0.15) is 11.6 Å². The van der Waals surface area contributed by atoms with E-state index in [2.05, 4.69) is 4.72 Å². The fourth-order valence-electron chi connectivity index (χ4n) is 3.31. The summed E-state index contributed by atoms with van der Waals surface area (Å²) in [5.74, 6) is -1.14. The van der Waals surface area contributed by atoms with Crippen LogP contribution in [0.25, 0.3) is 0 Å². The SMILES string of the molecule is CCc1ccc(S(=O)(=O)NCC2(c3ccc(F)cc3F)CC2C)cc1. The molecule has 0 bridgehead atoms. The van der Waals surface area contributed by atoms with Crippen molar-refractivity contribution in [2.24, 2.45) is 5.92 Å². The first kappa shape index (κ1) is 18.0. The van der Waals surface area contributed by atoms with E-state index in [0.29, 0.717) is 12.0 Å². The smallest absolute Gasteiger partial charge is 0.210 e. The van der Waals surface area contributed by atoms with E-state index >= 15 is 0 Å². The highest BCUT2D eigenvalue weighted by Gasteiger charge is 2.53. The highest BCUT2D eigenvalue weighted by molar-refractivity contribution is 7.89. The standard InChI is InChI=1S/C19H21F2NO2S/c1-3-14-4-7-16(8-5-14)25(23,24)22-12-19(11-13(19)2)17-9-6-15(20)10-18(17)21/h4-10,13,22H,3,11-12H2,1-2H3. The Labute approximate surface area is 147 Å². The van der Waals surface area contributed by atoms with Gasteiger partial charge in [0, 0.05) is 18.0 Å². The summed E-state index contributed by atoms with van der Waals surface area (Å²) in [6.07, 6.45) is 1.49. The van der Waals surface area contributed by atoms with Gasteiger partial charge in [0.05, 0.1) is 4.90 Å². The Bertz CT molecular complexity index is 881. The van der Waals surface area contributed by atoms with E-state index in [4.69, 9.17) is 0 Å². The number of benzene rings is 2. The molecule has 0 aliphatic heterocycles. The molecular weight excluding hydrogens is 344 g/mol. The molecule has 1 N–H and O–H groups in total. The monoisotopic (exact) mass is 365 g/mol. The van der Waals surface area contributed by atoms with Crippen LogP contribution in [-0.4, -0.2) is 15.0 Å². The van der Waals surface area contributed by atoms with Crippen molar-refractivity contribution in [2.45, 2.75) is 37.0 Å². The Morgan fingerprint density at radius 3 is 2.32 bits per heavy atom. The van der Waals surface area contributed by atoms with Crippen molar-refractivity contribution >= 4 is 10.0 Å². The lowest BCUT2D eigenvalue weighted by Crippen LogP contribution is -2.33. The van der Waals surface area contributed by atoms with Crippen LogP contribution in [-0.2, 0) is 21.9 Å². The van der Waals surface area contributed by atoms with Gasteiger partial charge in [0.2, 0.25) is 10.0 Å². The predicted octanol–water partition coefficient (Wildman–Crippen LogP) is 3.78. The summed E-state index contributed by atoms with van der Waals surface area (Å²) in [5.41, 5.74) is 0.804. The molecule has 2 aromatic rings. The molecule has 0 aromatic heterocycles. The molecule has 2 aromatic carbocycles. The van der Waals surface area contributed by atoms with Crippen LogP contribution in [0.2, 0.25) is 0 Å². The van der Waals surface area contributed by atoms with Crippen LogP contribution in [0, 0.1) is 17.6 Å². The Morgan fingerprint density at radius 1 is 1.16 bits per heavy atom. The molecule has 134 valence electrons. The van der Waals surface area contributed by atoms with Gasteiger partial charge in [0.25, 0.3) is 0 Å². The molecule has 0 radical (unpaired) electrons. The second kappa shape index (κ2) is 6.50. The number of halogens is 2. The van der Waals surface area contributed by atoms with Crippen LogP contribution in [0.5, 0.6) is 0 Å². The number of hydrogen-bond donors (Lipinski definition) is 1. The predicted molar refractivity (Wildman–Crippen MR) is 92.8 cm³/mol. The van der Waals surface area contributed by atoms with Gasteiger partial charge in [-0.05, 0) is 48.1 Å². The zero-order valence-electron chi connectivity index (χ0n) is 14.2. The van der Waals surface area contributed by atoms with Crippen LogP contribution >= 0.6 is 0 Å². The lowest BCUT2D eigenvalue weighted by molar-refractivity contribution is 0.518. The van der Waals surface area contributed by atoms with Crippen molar-refractivity contribution in [2.75, 3.05) is 6.54 Å². The summed E-state index contributed by atoms with van der Waals surface area (Å²) >= 11 is 0. The van der Waals surface area contributed by atoms with Crippen LogP contribution in [0.1, 0.15) is 31.4 Å². The second-order valence-electron chi connectivity index (χ2n) is 6.71. The van der Waals surface area contributed by atoms with E-state index < -0.39 is 27.1 Å². The Hall–Kier alpha value is -1.79. The molecule has 0 saturated heterocycles. The van der Waals surface area contributed by atoms with Gasteiger partial charge in [-0.1, -0.05) is 32.0 Å². The lowest BCUT2D eigenvalue weighted by atomic mass is 9.93. The van der Waals surface area contributed by atoms with E-state index in [1.165, 1.54) is 12.1 Å². The molecule has 1 aliphatic carbocycles. The number of aryl methyl sites for hydroxylation is 1. The second-order valence-corrected chi connectivity index (χ2v) is 8.47. The van der Waals surface area contributed by atoms with Crippen molar-refractivity contribution in [3.05, 3.63) is 65.2 Å². The third-order valence-electron chi connectivity index (χ3n) is 5.14. The van der Waals surface area contributed by atoms with Gasteiger partial charge in [-0.3, -0.25) is 0 Å². The summed E-state index contributed by atoms with van der Waals surface area (Å²) in [6.45, 7) is 4.03. The van der Waals surface area contributed by atoms with Crippen molar-refractivity contribution in [1.29, 1.82) is 0 Å². The molecule has 2 unspecified atom stereocenters. The maximum atomic E-state index is 14.2. The molecule has 0 amide bonds. The third kappa shape index (κ3) is 3.46. The zero-order valence-corrected chi connectivity index (χ0v) is 15.0. The molecular formula is C19H21F2NO2S. The average molecular weight is 365 g/mol. The van der Waals surface area contributed by atoms with Crippen molar-refractivity contribution in [3.8, 4) is 0 Å². The van der Waals surface area contributed by atoms with Gasteiger partial charge >= 0.3 is 0 Å². The molecule has 3 nitrogen and oxygen atoms in total. The van der Waals surface area contributed by atoms with E-state index in [-0.39, 0.29) is 17.4 Å². The van der Waals surface area contributed by atoms with Gasteiger partial charge in [0.15, 0.2) is 0 Å². The number of hydrogen-bond acceptors (Lipinski definition) is 2. The molecule has 25 heavy (non-hydrogen) atoms. The quantitative estimate of drug-likeness (QED) is 0.847. The fourth-order valence-corrected chi connectivity index (χ4v) is 4.42. The van der Waals surface area contributed by atoms with Gasteiger partial charge in [-0.25, -0.2) is 21.9 Å². The fraction of sp³-hybridized carbons (Fsp3) is 0.368.